The molecule has 0 heterocycles. The third-order valence-corrected chi connectivity index (χ3v) is 8.02. The zero-order chi connectivity index (χ0) is 18.4. The van der Waals surface area contributed by atoms with Crippen molar-refractivity contribution in [3.63, 3.8) is 0 Å². The predicted molar refractivity (Wildman–Crippen MR) is 115 cm³/mol. The van der Waals surface area contributed by atoms with E-state index in [0.717, 1.165) is 37.0 Å². The molecule has 0 aliphatic rings. The van der Waals surface area contributed by atoms with Gasteiger partial charge in [0.1, 0.15) is 14.3 Å². The number of halogens is 1. The number of rotatable bonds is 3. The van der Waals surface area contributed by atoms with Gasteiger partial charge in [-0.2, -0.15) is 0 Å². The first-order valence-corrected chi connectivity index (χ1v) is 14.0. The fourth-order valence-electron chi connectivity index (χ4n) is 2.89. The maximum atomic E-state index is 12.7. The first-order chi connectivity index (χ1) is 11.6. The van der Waals surface area contributed by atoms with E-state index in [9.17, 15) is 9.13 Å². The minimum atomic E-state index is -2.46. The molecule has 3 aromatic rings. The number of hydrogen-bond donors (Lipinski definition) is 0. The lowest BCUT2D eigenvalue weighted by Crippen LogP contribution is -2.14. The molecule has 0 radical (unpaired) electrons. The number of hydrogen-bond acceptors (Lipinski definition) is 2. The molecule has 130 valence electrons. The van der Waals surface area contributed by atoms with Crippen LogP contribution in [0.4, 0.5) is 0 Å². The molecule has 2 nitrogen and oxygen atoms in total. The number of fused-ring (bicyclic) bond motifs is 1. The monoisotopic (exact) mass is 434 g/mol. The average molecular weight is 435 g/mol. The van der Waals surface area contributed by atoms with E-state index in [1.807, 2.05) is 36.4 Å². The Morgan fingerprint density at radius 1 is 0.720 bits per heavy atom. The second kappa shape index (κ2) is 6.54. The van der Waals surface area contributed by atoms with Gasteiger partial charge in [0.05, 0.1) is 0 Å². The Bertz CT molecular complexity index is 1020. The van der Waals surface area contributed by atoms with Gasteiger partial charge in [0.25, 0.3) is 0 Å². The lowest BCUT2D eigenvalue weighted by Gasteiger charge is -2.16. The van der Waals surface area contributed by atoms with Crippen molar-refractivity contribution < 1.29 is 9.13 Å². The summed E-state index contributed by atoms with van der Waals surface area (Å²) < 4.78 is 26.4. The van der Waals surface area contributed by atoms with Crippen molar-refractivity contribution in [1.29, 1.82) is 0 Å². The molecule has 5 heteroatoms. The van der Waals surface area contributed by atoms with Crippen LogP contribution in [0.3, 0.4) is 0 Å². The lowest BCUT2D eigenvalue weighted by molar-refractivity contribution is 0.588. The first-order valence-electron chi connectivity index (χ1n) is 8.01. The second-order valence-electron chi connectivity index (χ2n) is 7.08. The van der Waals surface area contributed by atoms with Gasteiger partial charge in [-0.25, -0.2) is 0 Å². The summed E-state index contributed by atoms with van der Waals surface area (Å²) in [5.74, 6) is 0. The van der Waals surface area contributed by atoms with Crippen molar-refractivity contribution in [3.05, 3.63) is 59.1 Å². The Morgan fingerprint density at radius 3 is 1.76 bits per heavy atom. The topological polar surface area (TPSA) is 34.1 Å². The van der Waals surface area contributed by atoms with Gasteiger partial charge in [-0.05, 0) is 72.8 Å². The Morgan fingerprint density at radius 2 is 1.24 bits per heavy atom. The van der Waals surface area contributed by atoms with E-state index in [1.165, 1.54) is 0 Å². The lowest BCUT2D eigenvalue weighted by atomic mass is 9.98. The molecule has 0 aliphatic heterocycles. The van der Waals surface area contributed by atoms with Gasteiger partial charge < -0.3 is 9.13 Å². The summed E-state index contributed by atoms with van der Waals surface area (Å²) in [5, 5.41) is 3.79. The van der Waals surface area contributed by atoms with Crippen LogP contribution in [-0.2, 0) is 9.13 Å². The van der Waals surface area contributed by atoms with Gasteiger partial charge in [-0.15, -0.1) is 0 Å². The van der Waals surface area contributed by atoms with Gasteiger partial charge in [0.2, 0.25) is 0 Å². The molecule has 3 rings (SSSR count). The van der Waals surface area contributed by atoms with Crippen molar-refractivity contribution in [1.82, 2.24) is 0 Å². The molecule has 0 atom stereocenters. The van der Waals surface area contributed by atoms with Gasteiger partial charge in [0.15, 0.2) is 0 Å². The minimum absolute atomic E-state index is 0.774. The minimum Gasteiger partial charge on any atom is -0.319 e. The first kappa shape index (κ1) is 18.6. The van der Waals surface area contributed by atoms with Gasteiger partial charge >= 0.3 is 0 Å². The van der Waals surface area contributed by atoms with Crippen LogP contribution in [0, 0.1) is 0 Å². The quantitative estimate of drug-likeness (QED) is 0.490. The van der Waals surface area contributed by atoms with Crippen LogP contribution in [-0.4, -0.2) is 26.7 Å². The predicted octanol–water partition coefficient (Wildman–Crippen LogP) is 5.77. The van der Waals surface area contributed by atoms with E-state index in [1.54, 1.807) is 26.7 Å². The Balaban J connectivity index is 2.37. The molecule has 0 aliphatic carbocycles. The highest BCUT2D eigenvalue weighted by molar-refractivity contribution is 9.10. The van der Waals surface area contributed by atoms with E-state index < -0.39 is 14.3 Å². The van der Waals surface area contributed by atoms with Crippen LogP contribution >= 0.6 is 30.2 Å². The zero-order valence-corrected chi connectivity index (χ0v) is 18.2. The Labute approximate surface area is 157 Å². The summed E-state index contributed by atoms with van der Waals surface area (Å²) in [7, 11) is -4.92. The smallest absolute Gasteiger partial charge is 0.109 e. The van der Waals surface area contributed by atoms with Crippen molar-refractivity contribution >= 4 is 51.6 Å². The molecule has 25 heavy (non-hydrogen) atoms. The number of benzene rings is 3. The molecule has 0 unspecified atom stereocenters. The molecule has 0 aromatic heterocycles. The standard InChI is InChI=1S/C20H21BrO2P2/c1-24(2,22)15-11-14(12-16(13-15)25(3,4)23)17-9-10-20(21)19-8-6-5-7-18(17)19/h5-13H,1-4H3. The summed E-state index contributed by atoms with van der Waals surface area (Å²) >= 11 is 3.61. The molecule has 0 fully saturated rings. The second-order valence-corrected chi connectivity index (χ2v) is 14.4. The van der Waals surface area contributed by atoms with E-state index in [-0.39, 0.29) is 0 Å². The molecule has 0 amide bonds. The summed E-state index contributed by atoms with van der Waals surface area (Å²) in [6, 6.07) is 18.1. The van der Waals surface area contributed by atoms with Crippen LogP contribution in [0.1, 0.15) is 0 Å². The molecule has 0 N–H and O–H groups in total. The zero-order valence-electron chi connectivity index (χ0n) is 14.8. The molecule has 0 saturated heterocycles. The normalized spacial score (nSPS) is 12.5. The SMILES string of the molecule is CP(C)(=O)c1cc(-c2ccc(Br)c3ccccc23)cc(P(C)(C)=O)c1. The maximum Gasteiger partial charge on any atom is 0.109 e. The van der Waals surface area contributed by atoms with Crippen molar-refractivity contribution in [2.45, 2.75) is 0 Å². The molecule has 0 spiro atoms. The molecule has 3 aromatic carbocycles. The van der Waals surface area contributed by atoms with Crippen molar-refractivity contribution in [3.8, 4) is 11.1 Å². The fraction of sp³-hybridized carbons (Fsp3) is 0.200. The summed E-state index contributed by atoms with van der Waals surface area (Å²) in [5.41, 5.74) is 2.02. The summed E-state index contributed by atoms with van der Waals surface area (Å²) in [6.07, 6.45) is 0. The van der Waals surface area contributed by atoms with Gasteiger partial charge in [0, 0.05) is 15.1 Å². The van der Waals surface area contributed by atoms with Crippen molar-refractivity contribution in [2.75, 3.05) is 26.7 Å². The average Bonchev–Trinajstić information content (AvgIpc) is 2.53. The highest BCUT2D eigenvalue weighted by Gasteiger charge is 2.20. The third-order valence-electron chi connectivity index (χ3n) is 4.33. The Kier molecular flexibility index (Phi) is 4.88. The maximum absolute atomic E-state index is 12.7. The van der Waals surface area contributed by atoms with E-state index in [0.29, 0.717) is 0 Å². The molecule has 0 bridgehead atoms. The Hall–Kier alpha value is -1.14. The highest BCUT2D eigenvalue weighted by Crippen LogP contribution is 2.41. The molecular formula is C20H21BrO2P2. The highest BCUT2D eigenvalue weighted by atomic mass is 79.9. The molecular weight excluding hydrogens is 414 g/mol. The van der Waals surface area contributed by atoms with E-state index in [2.05, 4.69) is 34.1 Å². The third kappa shape index (κ3) is 3.85. The van der Waals surface area contributed by atoms with Crippen LogP contribution in [0.15, 0.2) is 59.1 Å². The largest absolute Gasteiger partial charge is 0.319 e. The van der Waals surface area contributed by atoms with Crippen LogP contribution in [0.2, 0.25) is 0 Å². The summed E-state index contributed by atoms with van der Waals surface area (Å²) in [4.78, 5) is 0. The van der Waals surface area contributed by atoms with Crippen LogP contribution in [0.25, 0.3) is 21.9 Å². The fourth-order valence-corrected chi connectivity index (χ4v) is 5.27. The van der Waals surface area contributed by atoms with Crippen molar-refractivity contribution in [2.24, 2.45) is 0 Å². The van der Waals surface area contributed by atoms with E-state index >= 15 is 0 Å². The molecule has 0 saturated carbocycles. The van der Waals surface area contributed by atoms with E-state index in [4.69, 9.17) is 0 Å². The van der Waals surface area contributed by atoms with Crippen LogP contribution in [0.5, 0.6) is 0 Å². The van der Waals surface area contributed by atoms with Gasteiger partial charge in [-0.3, -0.25) is 0 Å². The van der Waals surface area contributed by atoms with Crippen LogP contribution < -0.4 is 10.6 Å². The van der Waals surface area contributed by atoms with Gasteiger partial charge in [-0.1, -0.05) is 46.3 Å². The summed E-state index contributed by atoms with van der Waals surface area (Å²) in [6.45, 7) is 7.02.